The minimum Gasteiger partial charge on any atom is -0.274 e. The Kier molecular flexibility index (Phi) is 2.51. The van der Waals surface area contributed by atoms with Gasteiger partial charge in [0, 0.05) is 0 Å². The fraction of sp³-hybridized carbons (Fsp3) is 0.312. The van der Waals surface area contributed by atoms with Gasteiger partial charge in [0.05, 0.1) is 34.2 Å². The quantitative estimate of drug-likeness (QED) is 0.591. The molecule has 1 aromatic rings. The topological polar surface area (TPSA) is 61.2 Å². The lowest BCUT2D eigenvalue weighted by atomic mass is 9.85. The largest absolute Gasteiger partial charge is 0.274 e. The Bertz CT molecular complexity index is 719. The van der Waals surface area contributed by atoms with Crippen LogP contribution >= 0.6 is 11.6 Å². The van der Waals surface area contributed by atoms with Gasteiger partial charge in [0.25, 0.3) is 0 Å². The van der Waals surface area contributed by atoms with Gasteiger partial charge in [0.1, 0.15) is 0 Å². The summed E-state index contributed by atoms with van der Waals surface area (Å²) in [6, 6.07) is 6.62. The number of halogens is 1. The lowest BCUT2D eigenvalue weighted by Gasteiger charge is -2.18. The van der Waals surface area contributed by atoms with Crippen molar-refractivity contribution in [1.82, 2.24) is 0 Å². The lowest BCUT2D eigenvalue weighted by molar-refractivity contribution is -0.123. The summed E-state index contributed by atoms with van der Waals surface area (Å²) in [5.41, 5.74) is 0.796. The van der Waals surface area contributed by atoms with Gasteiger partial charge in [0.2, 0.25) is 11.8 Å². The van der Waals surface area contributed by atoms with E-state index in [1.165, 1.54) is 11.0 Å². The molecule has 3 aliphatic rings. The van der Waals surface area contributed by atoms with E-state index in [4.69, 9.17) is 16.9 Å². The average molecular weight is 299 g/mol. The zero-order chi connectivity index (χ0) is 14.7. The SMILES string of the molecule is N#Cc1ccc(N2C(=O)C3C4C=CC(C4)C3C2=O)c(Cl)c1. The molecule has 2 fully saturated rings. The standard InChI is InChI=1S/C16H11ClN2O2/c17-11-5-8(7-18)1-4-12(11)19-15(20)13-9-2-3-10(6-9)14(13)16(19)21/h1-5,9-10,13-14H,6H2. The summed E-state index contributed by atoms with van der Waals surface area (Å²) >= 11 is 6.15. The van der Waals surface area contributed by atoms with Crippen LogP contribution in [0.3, 0.4) is 0 Å². The summed E-state index contributed by atoms with van der Waals surface area (Å²) in [5.74, 6) is -0.433. The maximum absolute atomic E-state index is 12.6. The normalized spacial score (nSPS) is 32.7. The number of hydrogen-bond donors (Lipinski definition) is 0. The molecule has 2 bridgehead atoms. The van der Waals surface area contributed by atoms with Gasteiger partial charge >= 0.3 is 0 Å². The van der Waals surface area contributed by atoms with Gasteiger partial charge in [-0.1, -0.05) is 23.8 Å². The van der Waals surface area contributed by atoms with Gasteiger partial charge in [0.15, 0.2) is 0 Å². The van der Waals surface area contributed by atoms with Crippen molar-refractivity contribution in [2.24, 2.45) is 23.7 Å². The molecule has 104 valence electrons. The maximum Gasteiger partial charge on any atom is 0.238 e. The summed E-state index contributed by atoms with van der Waals surface area (Å²) in [4.78, 5) is 26.5. The van der Waals surface area contributed by atoms with Crippen molar-refractivity contribution in [3.05, 3.63) is 40.9 Å². The van der Waals surface area contributed by atoms with E-state index in [1.54, 1.807) is 12.1 Å². The van der Waals surface area contributed by atoms with Crippen LogP contribution in [0, 0.1) is 35.0 Å². The first-order valence-electron chi connectivity index (χ1n) is 6.87. The molecular weight excluding hydrogens is 288 g/mol. The number of carbonyl (C=O) groups is 2. The van der Waals surface area contributed by atoms with Crippen LogP contribution in [0.25, 0.3) is 0 Å². The third-order valence-corrected chi connectivity index (χ3v) is 5.09. The number of amides is 2. The molecule has 0 radical (unpaired) electrons. The maximum atomic E-state index is 12.6. The third kappa shape index (κ3) is 1.55. The van der Waals surface area contributed by atoms with Crippen LogP contribution in [0.1, 0.15) is 12.0 Å². The zero-order valence-electron chi connectivity index (χ0n) is 11.0. The van der Waals surface area contributed by atoms with Crippen molar-refractivity contribution < 1.29 is 9.59 Å². The van der Waals surface area contributed by atoms with Gasteiger partial charge in [-0.05, 0) is 36.5 Å². The monoisotopic (exact) mass is 298 g/mol. The number of rotatable bonds is 1. The number of hydrogen-bond acceptors (Lipinski definition) is 3. The second-order valence-corrected chi connectivity index (χ2v) is 6.20. The third-order valence-electron chi connectivity index (χ3n) is 4.79. The zero-order valence-corrected chi connectivity index (χ0v) is 11.7. The van der Waals surface area contributed by atoms with Crippen molar-refractivity contribution in [1.29, 1.82) is 5.26 Å². The second kappa shape index (κ2) is 4.19. The van der Waals surface area contributed by atoms with E-state index in [0.29, 0.717) is 11.3 Å². The van der Waals surface area contributed by atoms with Crippen molar-refractivity contribution >= 4 is 29.1 Å². The van der Waals surface area contributed by atoms with E-state index < -0.39 is 0 Å². The molecule has 21 heavy (non-hydrogen) atoms. The highest BCUT2D eigenvalue weighted by molar-refractivity contribution is 6.36. The Morgan fingerprint density at radius 3 is 2.29 bits per heavy atom. The molecule has 1 aliphatic heterocycles. The molecule has 2 amide bonds. The van der Waals surface area contributed by atoms with E-state index in [0.717, 1.165) is 6.42 Å². The van der Waals surface area contributed by atoms with E-state index >= 15 is 0 Å². The molecule has 1 saturated heterocycles. The Hall–Kier alpha value is -2.12. The first-order valence-corrected chi connectivity index (χ1v) is 7.25. The van der Waals surface area contributed by atoms with Gasteiger partial charge < -0.3 is 0 Å². The van der Waals surface area contributed by atoms with Crippen molar-refractivity contribution in [2.75, 3.05) is 4.90 Å². The van der Waals surface area contributed by atoms with Gasteiger partial charge in [-0.25, -0.2) is 4.90 Å². The minimum absolute atomic E-state index is 0.159. The highest BCUT2D eigenvalue weighted by Crippen LogP contribution is 2.53. The molecular formula is C16H11ClN2O2. The number of allylic oxidation sites excluding steroid dienone is 2. The molecule has 0 aromatic heterocycles. The molecule has 4 atom stereocenters. The summed E-state index contributed by atoms with van der Waals surface area (Å²) in [6.45, 7) is 0. The first-order chi connectivity index (χ1) is 10.1. The summed E-state index contributed by atoms with van der Waals surface area (Å²) in [7, 11) is 0. The first kappa shape index (κ1) is 12.6. The molecule has 0 N–H and O–H groups in total. The van der Waals surface area contributed by atoms with Gasteiger partial charge in [-0.2, -0.15) is 5.26 Å². The van der Waals surface area contributed by atoms with E-state index in [-0.39, 0.29) is 40.5 Å². The highest BCUT2D eigenvalue weighted by Gasteiger charge is 2.59. The number of carbonyl (C=O) groups excluding carboxylic acids is 2. The summed E-state index contributed by atoms with van der Waals surface area (Å²) < 4.78 is 0. The minimum atomic E-state index is -0.237. The highest BCUT2D eigenvalue weighted by atomic mass is 35.5. The smallest absolute Gasteiger partial charge is 0.238 e. The molecule has 4 rings (SSSR count). The van der Waals surface area contributed by atoms with Crippen LogP contribution in [0.5, 0.6) is 0 Å². The molecule has 2 aliphatic carbocycles. The Morgan fingerprint density at radius 2 is 1.76 bits per heavy atom. The molecule has 0 spiro atoms. The van der Waals surface area contributed by atoms with Crippen LogP contribution in [-0.4, -0.2) is 11.8 Å². The molecule has 1 aromatic carbocycles. The number of fused-ring (bicyclic) bond motifs is 5. The summed E-state index contributed by atoms with van der Waals surface area (Å²) in [6.07, 6.45) is 5.02. The van der Waals surface area contributed by atoms with Gasteiger partial charge in [-0.3, -0.25) is 9.59 Å². The van der Waals surface area contributed by atoms with Crippen LogP contribution in [0.4, 0.5) is 5.69 Å². The number of nitrogens with zero attached hydrogens (tertiary/aromatic N) is 2. The second-order valence-electron chi connectivity index (χ2n) is 5.79. The Morgan fingerprint density at radius 1 is 1.14 bits per heavy atom. The van der Waals surface area contributed by atoms with Crippen LogP contribution in [0.2, 0.25) is 5.02 Å². The Balaban J connectivity index is 1.76. The van der Waals surface area contributed by atoms with Gasteiger partial charge in [-0.15, -0.1) is 0 Å². The number of imide groups is 1. The average Bonchev–Trinajstić information content (AvgIpc) is 3.14. The fourth-order valence-electron chi connectivity index (χ4n) is 3.90. The number of anilines is 1. The van der Waals surface area contributed by atoms with E-state index in [9.17, 15) is 9.59 Å². The van der Waals surface area contributed by atoms with Crippen molar-refractivity contribution in [2.45, 2.75) is 6.42 Å². The van der Waals surface area contributed by atoms with Crippen LogP contribution in [-0.2, 0) is 9.59 Å². The fourth-order valence-corrected chi connectivity index (χ4v) is 4.16. The molecule has 4 unspecified atom stereocenters. The molecule has 1 saturated carbocycles. The molecule has 5 heteroatoms. The van der Waals surface area contributed by atoms with Crippen LogP contribution in [0.15, 0.2) is 30.4 Å². The summed E-state index contributed by atoms with van der Waals surface area (Å²) in [5, 5.41) is 9.13. The number of nitriles is 1. The lowest BCUT2D eigenvalue weighted by Crippen LogP contribution is -2.33. The predicted molar refractivity (Wildman–Crippen MR) is 76.4 cm³/mol. The molecule has 1 heterocycles. The Labute approximate surface area is 126 Å². The molecule has 4 nitrogen and oxygen atoms in total. The van der Waals surface area contributed by atoms with Crippen molar-refractivity contribution in [3.8, 4) is 6.07 Å². The van der Waals surface area contributed by atoms with Crippen LogP contribution < -0.4 is 4.90 Å². The van der Waals surface area contributed by atoms with E-state index in [1.807, 2.05) is 6.07 Å². The van der Waals surface area contributed by atoms with E-state index in [2.05, 4.69) is 12.2 Å². The van der Waals surface area contributed by atoms with Crippen molar-refractivity contribution in [3.63, 3.8) is 0 Å². The number of benzene rings is 1. The predicted octanol–water partition coefficient (Wildman–Crippen LogP) is 2.52.